The van der Waals surface area contributed by atoms with Crippen LogP contribution in [0.1, 0.15) is 30.3 Å². The maximum Gasteiger partial charge on any atom is 0.274 e. The summed E-state index contributed by atoms with van der Waals surface area (Å²) in [7, 11) is 1.67. The van der Waals surface area contributed by atoms with Gasteiger partial charge in [0.05, 0.1) is 7.11 Å². The summed E-state index contributed by atoms with van der Waals surface area (Å²) in [6.45, 7) is 2.91. The molecule has 152 valence electrons. The van der Waals surface area contributed by atoms with Crippen LogP contribution in [0.3, 0.4) is 0 Å². The Morgan fingerprint density at radius 2 is 1.97 bits per heavy atom. The highest BCUT2D eigenvalue weighted by Crippen LogP contribution is 2.26. The van der Waals surface area contributed by atoms with E-state index in [0.29, 0.717) is 5.69 Å². The number of aromatic nitrogens is 3. The van der Waals surface area contributed by atoms with E-state index in [2.05, 4.69) is 46.9 Å². The minimum Gasteiger partial charge on any atom is -0.497 e. The molecular formula is C24H24N4O2. The number of methoxy groups -OCH3 is 1. The summed E-state index contributed by atoms with van der Waals surface area (Å²) in [5.74, 6) is 1.73. The van der Waals surface area contributed by atoms with Crippen molar-refractivity contribution < 1.29 is 9.53 Å². The molecular weight excluding hydrogens is 376 g/mol. The predicted molar refractivity (Wildman–Crippen MR) is 116 cm³/mol. The molecule has 1 aromatic carbocycles. The quantitative estimate of drug-likeness (QED) is 0.509. The van der Waals surface area contributed by atoms with Gasteiger partial charge in [-0.3, -0.25) is 4.79 Å². The Kier molecular flexibility index (Phi) is 4.54. The molecule has 0 N–H and O–H groups in total. The van der Waals surface area contributed by atoms with Gasteiger partial charge in [0.2, 0.25) is 0 Å². The van der Waals surface area contributed by atoms with E-state index in [9.17, 15) is 4.79 Å². The Bertz CT molecular complexity index is 1220. The van der Waals surface area contributed by atoms with Crippen LogP contribution in [-0.4, -0.2) is 44.7 Å². The molecule has 4 aromatic rings. The topological polar surface area (TPSA) is 51.8 Å². The van der Waals surface area contributed by atoms with Crippen molar-refractivity contribution in [2.45, 2.75) is 25.8 Å². The number of benzene rings is 1. The fourth-order valence-electron chi connectivity index (χ4n) is 4.19. The summed E-state index contributed by atoms with van der Waals surface area (Å²) in [4.78, 5) is 14.8. The Hall–Kier alpha value is -3.54. The zero-order chi connectivity index (χ0) is 20.7. The number of rotatable bonds is 4. The number of hydrogen-bond acceptors (Lipinski definition) is 3. The Labute approximate surface area is 175 Å². The molecule has 1 unspecified atom stereocenters. The van der Waals surface area contributed by atoms with Crippen molar-refractivity contribution in [1.82, 2.24) is 19.1 Å². The molecule has 0 aliphatic carbocycles. The van der Waals surface area contributed by atoms with Crippen LogP contribution in [0.2, 0.25) is 0 Å². The molecule has 6 nitrogen and oxygen atoms in total. The Morgan fingerprint density at radius 1 is 1.10 bits per heavy atom. The molecule has 6 heteroatoms. The van der Waals surface area contributed by atoms with Gasteiger partial charge in [-0.2, -0.15) is 5.10 Å². The highest BCUT2D eigenvalue weighted by molar-refractivity contribution is 5.92. The monoisotopic (exact) mass is 400 g/mol. The molecule has 1 fully saturated rings. The first-order chi connectivity index (χ1) is 14.6. The van der Waals surface area contributed by atoms with Crippen molar-refractivity contribution in [3.63, 3.8) is 0 Å². The first kappa shape index (κ1) is 18.5. The standard InChI is InChI=1S/C24H24N4O2/c1-17-5-4-13-26(17)24(29)22-12-14-28(25-22)23-11-10-20-9-8-19(16-27(20)23)18-6-3-7-21(15-18)30-2/h3,6-12,14-17H,4-5,13H2,1-2H3. The lowest BCUT2D eigenvalue weighted by Gasteiger charge is -2.19. The molecule has 0 spiro atoms. The lowest BCUT2D eigenvalue weighted by Crippen LogP contribution is -2.33. The highest BCUT2D eigenvalue weighted by atomic mass is 16.5. The third kappa shape index (κ3) is 3.14. The fraction of sp³-hybridized carbons (Fsp3) is 0.250. The second kappa shape index (κ2) is 7.37. The number of likely N-dealkylation sites (tertiary alicyclic amines) is 1. The fourth-order valence-corrected chi connectivity index (χ4v) is 4.19. The van der Waals surface area contributed by atoms with Crippen LogP contribution < -0.4 is 4.74 Å². The predicted octanol–water partition coefficient (Wildman–Crippen LogP) is 4.43. The van der Waals surface area contributed by atoms with Gasteiger partial charge in [-0.25, -0.2) is 4.68 Å². The van der Waals surface area contributed by atoms with Crippen LogP contribution in [-0.2, 0) is 0 Å². The van der Waals surface area contributed by atoms with E-state index in [1.807, 2.05) is 35.4 Å². The summed E-state index contributed by atoms with van der Waals surface area (Å²) in [6.07, 6.45) is 6.06. The van der Waals surface area contributed by atoms with E-state index in [1.165, 1.54) is 0 Å². The van der Waals surface area contributed by atoms with Crippen LogP contribution in [0.4, 0.5) is 0 Å². The van der Waals surface area contributed by atoms with Gasteiger partial charge >= 0.3 is 0 Å². The van der Waals surface area contributed by atoms with E-state index in [-0.39, 0.29) is 11.9 Å². The van der Waals surface area contributed by atoms with Gasteiger partial charge in [-0.15, -0.1) is 0 Å². The van der Waals surface area contributed by atoms with Crippen LogP contribution in [0, 0.1) is 0 Å². The number of hydrogen-bond donors (Lipinski definition) is 0. The lowest BCUT2D eigenvalue weighted by atomic mass is 10.1. The third-order valence-corrected chi connectivity index (χ3v) is 5.89. The van der Waals surface area contributed by atoms with Gasteiger partial charge in [0.15, 0.2) is 5.69 Å². The average molecular weight is 400 g/mol. The molecule has 4 heterocycles. The zero-order valence-electron chi connectivity index (χ0n) is 17.2. The second-order valence-corrected chi connectivity index (χ2v) is 7.77. The lowest BCUT2D eigenvalue weighted by molar-refractivity contribution is 0.0741. The number of amides is 1. The molecule has 0 saturated carbocycles. The van der Waals surface area contributed by atoms with Gasteiger partial charge in [0.25, 0.3) is 5.91 Å². The summed E-state index contributed by atoms with van der Waals surface area (Å²) in [5.41, 5.74) is 3.71. The van der Waals surface area contributed by atoms with E-state index in [0.717, 1.165) is 47.6 Å². The van der Waals surface area contributed by atoms with Gasteiger partial charge < -0.3 is 14.0 Å². The van der Waals surface area contributed by atoms with Crippen molar-refractivity contribution in [2.24, 2.45) is 0 Å². The van der Waals surface area contributed by atoms with Crippen LogP contribution >= 0.6 is 0 Å². The molecule has 1 aliphatic heterocycles. The van der Waals surface area contributed by atoms with Gasteiger partial charge in [0.1, 0.15) is 11.6 Å². The van der Waals surface area contributed by atoms with Crippen molar-refractivity contribution in [3.05, 3.63) is 72.7 Å². The summed E-state index contributed by atoms with van der Waals surface area (Å²) < 4.78 is 9.23. The Balaban J connectivity index is 1.51. The zero-order valence-corrected chi connectivity index (χ0v) is 17.2. The van der Waals surface area contributed by atoms with Gasteiger partial charge in [-0.05, 0) is 67.3 Å². The van der Waals surface area contributed by atoms with Crippen LogP contribution in [0.15, 0.2) is 67.0 Å². The number of fused-ring (bicyclic) bond motifs is 1. The van der Waals surface area contributed by atoms with E-state index >= 15 is 0 Å². The van der Waals surface area contributed by atoms with E-state index in [1.54, 1.807) is 17.9 Å². The molecule has 1 saturated heterocycles. The van der Waals surface area contributed by atoms with Crippen molar-refractivity contribution in [3.8, 4) is 22.7 Å². The molecule has 30 heavy (non-hydrogen) atoms. The number of carbonyl (C=O) groups excluding carboxylic acids is 1. The van der Waals surface area contributed by atoms with Gasteiger partial charge in [-0.1, -0.05) is 18.2 Å². The first-order valence-corrected chi connectivity index (χ1v) is 10.3. The molecule has 0 radical (unpaired) electrons. The van der Waals surface area contributed by atoms with Gasteiger partial charge in [0, 0.05) is 30.5 Å². The number of carbonyl (C=O) groups is 1. The minimum atomic E-state index is 0.0108. The molecule has 1 aliphatic rings. The molecule has 1 atom stereocenters. The number of ether oxygens (including phenoxy) is 1. The average Bonchev–Trinajstić information content (AvgIpc) is 3.52. The maximum atomic E-state index is 12.8. The number of nitrogens with zero attached hydrogens (tertiary/aromatic N) is 4. The van der Waals surface area contributed by atoms with Crippen molar-refractivity contribution >= 4 is 11.4 Å². The van der Waals surface area contributed by atoms with Crippen molar-refractivity contribution in [1.29, 1.82) is 0 Å². The van der Waals surface area contributed by atoms with Crippen LogP contribution in [0.25, 0.3) is 22.5 Å². The highest BCUT2D eigenvalue weighted by Gasteiger charge is 2.27. The smallest absolute Gasteiger partial charge is 0.274 e. The van der Waals surface area contributed by atoms with E-state index < -0.39 is 0 Å². The molecule has 1 amide bonds. The summed E-state index contributed by atoms with van der Waals surface area (Å²) in [5, 5.41) is 4.60. The minimum absolute atomic E-state index is 0.0108. The number of pyridine rings is 1. The molecule has 5 rings (SSSR count). The first-order valence-electron chi connectivity index (χ1n) is 10.3. The molecule has 3 aromatic heterocycles. The summed E-state index contributed by atoms with van der Waals surface area (Å²) >= 11 is 0. The largest absolute Gasteiger partial charge is 0.497 e. The normalized spacial score (nSPS) is 16.3. The molecule has 0 bridgehead atoms. The maximum absolute atomic E-state index is 12.8. The Morgan fingerprint density at radius 3 is 2.77 bits per heavy atom. The van der Waals surface area contributed by atoms with E-state index in [4.69, 9.17) is 4.74 Å². The second-order valence-electron chi connectivity index (χ2n) is 7.77. The van der Waals surface area contributed by atoms with Crippen LogP contribution in [0.5, 0.6) is 5.75 Å². The van der Waals surface area contributed by atoms with Crippen molar-refractivity contribution in [2.75, 3.05) is 13.7 Å². The SMILES string of the molecule is COc1cccc(-c2ccc3ccc(-n4ccc(C(=O)N5CCCC5C)n4)n3c2)c1. The summed E-state index contributed by atoms with van der Waals surface area (Å²) in [6, 6.07) is 18.3. The third-order valence-electron chi connectivity index (χ3n) is 5.89.